The summed E-state index contributed by atoms with van der Waals surface area (Å²) in [6, 6.07) is 14.8. The molecular formula is C26H16O7. The molecule has 0 saturated heterocycles. The first-order valence-corrected chi connectivity index (χ1v) is 10.00. The van der Waals surface area contributed by atoms with Crippen LogP contribution in [0.1, 0.15) is 46.5 Å². The van der Waals surface area contributed by atoms with Crippen LogP contribution in [0.4, 0.5) is 0 Å². The molecule has 0 aromatic heterocycles. The van der Waals surface area contributed by atoms with Crippen LogP contribution in [0.3, 0.4) is 0 Å². The highest BCUT2D eigenvalue weighted by Crippen LogP contribution is 2.57. The minimum Gasteiger partial charge on any atom is -0.456 e. The Morgan fingerprint density at radius 2 is 1.39 bits per heavy atom. The summed E-state index contributed by atoms with van der Waals surface area (Å²) in [6.07, 6.45) is 5.52. The summed E-state index contributed by atoms with van der Waals surface area (Å²) in [5, 5.41) is 0. The molecule has 33 heavy (non-hydrogen) atoms. The van der Waals surface area contributed by atoms with Crippen molar-refractivity contribution in [1.82, 2.24) is 0 Å². The Labute approximate surface area is 188 Å². The fourth-order valence-corrected chi connectivity index (χ4v) is 4.24. The molecule has 2 heterocycles. The van der Waals surface area contributed by atoms with E-state index in [-0.39, 0.29) is 11.5 Å². The number of terminal acetylenes is 1. The van der Waals surface area contributed by atoms with E-state index in [1.54, 1.807) is 54.6 Å². The molecule has 1 spiro atoms. The van der Waals surface area contributed by atoms with E-state index in [0.29, 0.717) is 39.3 Å². The second-order valence-electron chi connectivity index (χ2n) is 7.58. The summed E-state index contributed by atoms with van der Waals surface area (Å²) in [6.45, 7) is 2.58. The second kappa shape index (κ2) is 7.24. The van der Waals surface area contributed by atoms with Crippen molar-refractivity contribution in [2.45, 2.75) is 19.4 Å². The summed E-state index contributed by atoms with van der Waals surface area (Å²) in [5.74, 6) is 2.20. The van der Waals surface area contributed by atoms with Crippen molar-refractivity contribution in [2.24, 2.45) is 0 Å². The molecule has 5 rings (SSSR count). The van der Waals surface area contributed by atoms with Gasteiger partial charge in [0.05, 0.1) is 5.56 Å². The van der Waals surface area contributed by atoms with Gasteiger partial charge in [-0.05, 0) is 36.4 Å². The first-order chi connectivity index (χ1) is 15.8. The molecule has 7 heteroatoms. The van der Waals surface area contributed by atoms with E-state index in [4.69, 9.17) is 25.4 Å². The van der Waals surface area contributed by atoms with Gasteiger partial charge in [-0.2, -0.15) is 0 Å². The van der Waals surface area contributed by atoms with E-state index in [0.717, 1.165) is 0 Å². The van der Waals surface area contributed by atoms with Crippen LogP contribution < -0.4 is 14.2 Å². The van der Waals surface area contributed by atoms with Crippen LogP contribution in [0.25, 0.3) is 0 Å². The number of carbonyl (C=O) groups excluding carboxylic acids is 3. The third-order valence-electron chi connectivity index (χ3n) is 5.44. The van der Waals surface area contributed by atoms with Crippen LogP contribution in [0, 0.1) is 12.3 Å². The third-order valence-corrected chi connectivity index (χ3v) is 5.44. The van der Waals surface area contributed by atoms with Gasteiger partial charge in [0.15, 0.2) is 5.60 Å². The normalized spacial score (nSPS) is 14.2. The van der Waals surface area contributed by atoms with Gasteiger partial charge < -0.3 is 18.9 Å². The topological polar surface area (TPSA) is 88.1 Å². The molecule has 0 saturated carbocycles. The lowest BCUT2D eigenvalue weighted by Gasteiger charge is -2.36. The quantitative estimate of drug-likeness (QED) is 0.337. The van der Waals surface area contributed by atoms with E-state index in [1.165, 1.54) is 13.8 Å². The van der Waals surface area contributed by atoms with Crippen LogP contribution in [-0.4, -0.2) is 17.9 Å². The van der Waals surface area contributed by atoms with Crippen molar-refractivity contribution in [3.8, 4) is 35.3 Å². The molecule has 162 valence electrons. The number of benzene rings is 3. The molecule has 2 aliphatic rings. The van der Waals surface area contributed by atoms with E-state index >= 15 is 0 Å². The number of hydrogen-bond acceptors (Lipinski definition) is 7. The Kier molecular flexibility index (Phi) is 4.46. The second-order valence-corrected chi connectivity index (χ2v) is 7.58. The standard InChI is InChI=1S/C26H16O7/c1-4-16-5-8-20-19(11-16)25(29)33-26(20)21-9-6-17(30-14(2)27)12-23(21)32-24-13-18(31-15(3)28)7-10-22(24)26/h1,5-13H,2-3H3. The zero-order valence-electron chi connectivity index (χ0n) is 17.6. The highest BCUT2D eigenvalue weighted by molar-refractivity contribution is 5.97. The predicted octanol–water partition coefficient (Wildman–Crippen LogP) is 4.09. The van der Waals surface area contributed by atoms with E-state index in [2.05, 4.69) is 5.92 Å². The van der Waals surface area contributed by atoms with Gasteiger partial charge in [0, 0.05) is 48.2 Å². The summed E-state index contributed by atoms with van der Waals surface area (Å²) >= 11 is 0. The molecule has 0 fully saturated rings. The molecule has 3 aromatic carbocycles. The minimum atomic E-state index is -1.33. The molecule has 2 aliphatic heterocycles. The lowest BCUT2D eigenvalue weighted by molar-refractivity contribution is -0.132. The van der Waals surface area contributed by atoms with Crippen molar-refractivity contribution in [2.75, 3.05) is 0 Å². The molecule has 0 amide bonds. The fourth-order valence-electron chi connectivity index (χ4n) is 4.24. The van der Waals surface area contributed by atoms with Crippen molar-refractivity contribution >= 4 is 17.9 Å². The van der Waals surface area contributed by atoms with E-state index in [9.17, 15) is 14.4 Å². The Morgan fingerprint density at radius 3 is 1.91 bits per heavy atom. The molecule has 0 unspecified atom stereocenters. The van der Waals surface area contributed by atoms with Gasteiger partial charge in [0.2, 0.25) is 0 Å². The van der Waals surface area contributed by atoms with E-state index < -0.39 is 23.5 Å². The van der Waals surface area contributed by atoms with Gasteiger partial charge in [-0.1, -0.05) is 12.0 Å². The predicted molar refractivity (Wildman–Crippen MR) is 115 cm³/mol. The molecule has 0 N–H and O–H groups in total. The Hall–Kier alpha value is -4.57. The lowest BCUT2D eigenvalue weighted by Crippen LogP contribution is -2.33. The highest BCUT2D eigenvalue weighted by atomic mass is 16.6. The molecule has 0 aliphatic carbocycles. The zero-order chi connectivity index (χ0) is 23.3. The van der Waals surface area contributed by atoms with E-state index in [1.807, 2.05) is 0 Å². The SMILES string of the molecule is C#Cc1ccc2c(c1)C(=O)OC21c2ccc(OC(C)=O)cc2Oc2cc(OC(C)=O)ccc21. The number of hydrogen-bond donors (Lipinski definition) is 0. The van der Waals surface area contributed by atoms with Crippen LogP contribution in [0.5, 0.6) is 23.0 Å². The van der Waals surface area contributed by atoms with Crippen LogP contribution in [-0.2, 0) is 19.9 Å². The Balaban J connectivity index is 1.77. The third kappa shape index (κ3) is 3.12. The van der Waals surface area contributed by atoms with Crippen LogP contribution in [0.2, 0.25) is 0 Å². The summed E-state index contributed by atoms with van der Waals surface area (Å²) in [7, 11) is 0. The van der Waals surface area contributed by atoms with Gasteiger partial charge in [0.1, 0.15) is 23.0 Å². The molecule has 7 nitrogen and oxygen atoms in total. The van der Waals surface area contributed by atoms with Crippen molar-refractivity contribution in [3.63, 3.8) is 0 Å². The van der Waals surface area contributed by atoms with Gasteiger partial charge in [-0.25, -0.2) is 4.79 Å². The summed E-state index contributed by atoms with van der Waals surface area (Å²) in [4.78, 5) is 35.9. The maximum atomic E-state index is 13.0. The van der Waals surface area contributed by atoms with Gasteiger partial charge in [0.25, 0.3) is 0 Å². The van der Waals surface area contributed by atoms with Gasteiger partial charge in [-0.3, -0.25) is 9.59 Å². The zero-order valence-corrected chi connectivity index (χ0v) is 17.6. The molecule has 0 bridgehead atoms. The first-order valence-electron chi connectivity index (χ1n) is 10.00. The number of esters is 3. The number of carbonyl (C=O) groups is 3. The monoisotopic (exact) mass is 440 g/mol. The molecule has 0 atom stereocenters. The van der Waals surface area contributed by atoms with Crippen molar-refractivity contribution < 1.29 is 33.3 Å². The van der Waals surface area contributed by atoms with Gasteiger partial charge in [-0.15, -0.1) is 6.42 Å². The lowest BCUT2D eigenvalue weighted by atomic mass is 9.77. The minimum absolute atomic E-state index is 0.267. The largest absolute Gasteiger partial charge is 0.456 e. The molecule has 0 radical (unpaired) electrons. The summed E-state index contributed by atoms with van der Waals surface area (Å²) < 4.78 is 22.5. The maximum Gasteiger partial charge on any atom is 0.340 e. The number of ether oxygens (including phenoxy) is 4. The van der Waals surface area contributed by atoms with Crippen LogP contribution in [0.15, 0.2) is 54.6 Å². The Morgan fingerprint density at radius 1 is 0.848 bits per heavy atom. The number of rotatable bonds is 2. The summed E-state index contributed by atoms with van der Waals surface area (Å²) in [5.41, 5.74) is 1.26. The Bertz CT molecular complexity index is 1350. The van der Waals surface area contributed by atoms with Gasteiger partial charge >= 0.3 is 17.9 Å². The highest BCUT2D eigenvalue weighted by Gasteiger charge is 2.53. The molecular weight excluding hydrogens is 424 g/mol. The van der Waals surface area contributed by atoms with Crippen LogP contribution >= 0.6 is 0 Å². The van der Waals surface area contributed by atoms with Crippen molar-refractivity contribution in [1.29, 1.82) is 0 Å². The smallest absolute Gasteiger partial charge is 0.340 e. The fraction of sp³-hybridized carbons (Fsp3) is 0.115. The van der Waals surface area contributed by atoms with Crippen molar-refractivity contribution in [3.05, 3.63) is 82.4 Å². The molecule has 3 aromatic rings. The average molecular weight is 440 g/mol. The average Bonchev–Trinajstić information content (AvgIpc) is 3.05. The number of fused-ring (bicyclic) bond motifs is 6. The maximum absolute atomic E-state index is 13.0. The first kappa shape index (κ1) is 20.3.